The van der Waals surface area contributed by atoms with E-state index < -0.39 is 0 Å². The molecule has 0 saturated heterocycles. The second-order valence-electron chi connectivity index (χ2n) is 6.29. The normalized spacial score (nSPS) is 10.4. The third-order valence-electron chi connectivity index (χ3n) is 4.17. The predicted octanol–water partition coefficient (Wildman–Crippen LogP) is 5.19. The molecule has 0 fully saturated rings. The van der Waals surface area contributed by atoms with Crippen LogP contribution in [0.1, 0.15) is 22.8 Å². The summed E-state index contributed by atoms with van der Waals surface area (Å²) in [6.45, 7) is 3.68. The molecule has 1 amide bonds. The predicted molar refractivity (Wildman–Crippen MR) is 118 cm³/mol. The van der Waals surface area contributed by atoms with Crippen LogP contribution >= 0.6 is 11.8 Å². The number of amides is 1. The maximum absolute atomic E-state index is 12.3. The minimum atomic E-state index is -0.106. The quantitative estimate of drug-likeness (QED) is 0.371. The summed E-state index contributed by atoms with van der Waals surface area (Å²) in [6, 6.07) is 25.2. The summed E-state index contributed by atoms with van der Waals surface area (Å²) in [7, 11) is 0. The van der Waals surface area contributed by atoms with E-state index in [1.807, 2.05) is 61.5 Å². The summed E-state index contributed by atoms with van der Waals surface area (Å²) in [4.78, 5) is 13.6. The lowest BCUT2D eigenvalue weighted by molar-refractivity contribution is 0.0951. The molecule has 0 bridgehead atoms. The molecule has 5 heteroatoms. The van der Waals surface area contributed by atoms with E-state index in [4.69, 9.17) is 9.47 Å². The Kier molecular flexibility index (Phi) is 8.01. The molecule has 29 heavy (non-hydrogen) atoms. The van der Waals surface area contributed by atoms with E-state index in [1.165, 1.54) is 4.90 Å². The van der Waals surface area contributed by atoms with E-state index in [2.05, 4.69) is 17.4 Å². The number of thioether (sulfide) groups is 1. The standard InChI is InChI=1S/C24H25NO3S/c1-2-27-21-12-8-19(9-13-21)18-25-24(26)20-10-14-22(15-11-20)28-16-17-29-23-6-4-3-5-7-23/h3-15H,2,16-18H2,1H3,(H,25,26). The molecule has 3 rings (SSSR count). The average molecular weight is 408 g/mol. The van der Waals surface area contributed by atoms with Gasteiger partial charge in [-0.1, -0.05) is 30.3 Å². The van der Waals surface area contributed by atoms with Crippen molar-refractivity contribution in [3.8, 4) is 11.5 Å². The maximum Gasteiger partial charge on any atom is 0.251 e. The fourth-order valence-electron chi connectivity index (χ4n) is 2.69. The molecule has 0 aliphatic carbocycles. The zero-order chi connectivity index (χ0) is 20.3. The van der Waals surface area contributed by atoms with Crippen LogP contribution in [0.25, 0.3) is 0 Å². The topological polar surface area (TPSA) is 47.6 Å². The van der Waals surface area contributed by atoms with Crippen molar-refractivity contribution in [3.63, 3.8) is 0 Å². The molecule has 0 aromatic heterocycles. The van der Waals surface area contributed by atoms with Gasteiger partial charge < -0.3 is 14.8 Å². The lowest BCUT2D eigenvalue weighted by Gasteiger charge is -2.09. The number of benzene rings is 3. The van der Waals surface area contributed by atoms with Crippen molar-refractivity contribution in [1.82, 2.24) is 5.32 Å². The molecule has 0 unspecified atom stereocenters. The molecule has 3 aromatic rings. The summed E-state index contributed by atoms with van der Waals surface area (Å²) in [6.07, 6.45) is 0. The van der Waals surface area contributed by atoms with Crippen molar-refractivity contribution in [2.45, 2.75) is 18.4 Å². The number of carbonyl (C=O) groups is 1. The Morgan fingerprint density at radius 2 is 1.52 bits per heavy atom. The molecule has 0 spiro atoms. The van der Waals surface area contributed by atoms with Gasteiger partial charge in [0.2, 0.25) is 0 Å². The van der Waals surface area contributed by atoms with Gasteiger partial charge in [-0.05, 0) is 61.0 Å². The Labute approximate surface area is 176 Å². The fraction of sp³-hybridized carbons (Fsp3) is 0.208. The summed E-state index contributed by atoms with van der Waals surface area (Å²) < 4.78 is 11.2. The minimum absolute atomic E-state index is 0.106. The van der Waals surface area contributed by atoms with Crippen molar-refractivity contribution in [3.05, 3.63) is 90.0 Å². The SMILES string of the molecule is CCOc1ccc(CNC(=O)c2ccc(OCCSc3ccccc3)cc2)cc1. The van der Waals surface area contributed by atoms with E-state index in [1.54, 1.807) is 23.9 Å². The van der Waals surface area contributed by atoms with Crippen LogP contribution < -0.4 is 14.8 Å². The van der Waals surface area contributed by atoms with E-state index in [-0.39, 0.29) is 5.91 Å². The first-order chi connectivity index (χ1) is 14.2. The van der Waals surface area contributed by atoms with Crippen LogP contribution in [0, 0.1) is 0 Å². The first-order valence-corrected chi connectivity index (χ1v) is 10.6. The zero-order valence-electron chi connectivity index (χ0n) is 16.5. The van der Waals surface area contributed by atoms with Crippen molar-refractivity contribution in [2.75, 3.05) is 19.0 Å². The van der Waals surface area contributed by atoms with Crippen LogP contribution in [0.4, 0.5) is 0 Å². The largest absolute Gasteiger partial charge is 0.494 e. The van der Waals surface area contributed by atoms with Crippen molar-refractivity contribution in [2.24, 2.45) is 0 Å². The van der Waals surface area contributed by atoms with Gasteiger partial charge in [-0.15, -0.1) is 11.8 Å². The molecule has 0 saturated carbocycles. The van der Waals surface area contributed by atoms with Crippen LogP contribution in [0.3, 0.4) is 0 Å². The highest BCUT2D eigenvalue weighted by Crippen LogP contribution is 2.18. The Balaban J connectivity index is 1.41. The Morgan fingerprint density at radius 1 is 0.862 bits per heavy atom. The molecule has 150 valence electrons. The Hall–Kier alpha value is -2.92. The Morgan fingerprint density at radius 3 is 2.21 bits per heavy atom. The van der Waals surface area contributed by atoms with Crippen molar-refractivity contribution >= 4 is 17.7 Å². The highest BCUT2D eigenvalue weighted by molar-refractivity contribution is 7.99. The number of hydrogen-bond acceptors (Lipinski definition) is 4. The molecular weight excluding hydrogens is 382 g/mol. The zero-order valence-corrected chi connectivity index (χ0v) is 17.3. The van der Waals surface area contributed by atoms with Gasteiger partial charge in [-0.25, -0.2) is 0 Å². The second-order valence-corrected chi connectivity index (χ2v) is 7.46. The third kappa shape index (κ3) is 6.88. The van der Waals surface area contributed by atoms with Crippen LogP contribution in [0.2, 0.25) is 0 Å². The Bertz CT molecular complexity index is 880. The number of rotatable bonds is 10. The second kappa shape index (κ2) is 11.2. The molecule has 1 N–H and O–H groups in total. The lowest BCUT2D eigenvalue weighted by atomic mass is 10.2. The summed E-state index contributed by atoms with van der Waals surface area (Å²) >= 11 is 1.76. The highest BCUT2D eigenvalue weighted by Gasteiger charge is 2.06. The third-order valence-corrected chi connectivity index (χ3v) is 5.14. The molecular formula is C24H25NO3S. The summed E-state index contributed by atoms with van der Waals surface area (Å²) in [5, 5.41) is 2.93. The first-order valence-electron chi connectivity index (χ1n) is 9.65. The smallest absolute Gasteiger partial charge is 0.251 e. The van der Waals surface area contributed by atoms with E-state index in [0.29, 0.717) is 25.3 Å². The minimum Gasteiger partial charge on any atom is -0.494 e. The van der Waals surface area contributed by atoms with Gasteiger partial charge in [0.1, 0.15) is 11.5 Å². The average Bonchev–Trinajstić information content (AvgIpc) is 2.77. The molecule has 4 nitrogen and oxygen atoms in total. The van der Waals surface area contributed by atoms with Crippen LogP contribution in [0.15, 0.2) is 83.8 Å². The summed E-state index contributed by atoms with van der Waals surface area (Å²) in [5.41, 5.74) is 1.64. The summed E-state index contributed by atoms with van der Waals surface area (Å²) in [5.74, 6) is 2.36. The van der Waals surface area contributed by atoms with Crippen LogP contribution in [0.5, 0.6) is 11.5 Å². The van der Waals surface area contributed by atoms with Gasteiger partial charge in [-0.2, -0.15) is 0 Å². The van der Waals surface area contributed by atoms with Crippen molar-refractivity contribution < 1.29 is 14.3 Å². The van der Waals surface area contributed by atoms with Gasteiger partial charge >= 0.3 is 0 Å². The van der Waals surface area contributed by atoms with E-state index >= 15 is 0 Å². The molecule has 3 aromatic carbocycles. The van der Waals surface area contributed by atoms with Crippen LogP contribution in [-0.4, -0.2) is 24.9 Å². The highest BCUT2D eigenvalue weighted by atomic mass is 32.2. The molecule has 0 aliphatic heterocycles. The van der Waals surface area contributed by atoms with Gasteiger partial charge in [-0.3, -0.25) is 4.79 Å². The van der Waals surface area contributed by atoms with Gasteiger partial charge in [0.25, 0.3) is 5.91 Å². The van der Waals surface area contributed by atoms with Gasteiger partial charge in [0.15, 0.2) is 0 Å². The molecule has 0 atom stereocenters. The van der Waals surface area contributed by atoms with Crippen LogP contribution in [-0.2, 0) is 6.54 Å². The lowest BCUT2D eigenvalue weighted by Crippen LogP contribution is -2.22. The molecule has 0 aliphatic rings. The van der Waals surface area contributed by atoms with E-state index in [0.717, 1.165) is 22.8 Å². The number of nitrogens with one attached hydrogen (secondary N) is 1. The fourth-order valence-corrected chi connectivity index (χ4v) is 3.44. The van der Waals surface area contributed by atoms with Gasteiger partial charge in [0.05, 0.1) is 13.2 Å². The number of hydrogen-bond donors (Lipinski definition) is 1. The van der Waals surface area contributed by atoms with Gasteiger partial charge in [0, 0.05) is 22.8 Å². The van der Waals surface area contributed by atoms with Crippen molar-refractivity contribution in [1.29, 1.82) is 0 Å². The molecule has 0 radical (unpaired) electrons. The number of ether oxygens (including phenoxy) is 2. The molecule has 0 heterocycles. The van der Waals surface area contributed by atoms with E-state index in [9.17, 15) is 4.79 Å². The first kappa shape index (κ1) is 20.8. The monoisotopic (exact) mass is 407 g/mol. The number of carbonyl (C=O) groups excluding carboxylic acids is 1. The maximum atomic E-state index is 12.3.